The third kappa shape index (κ3) is 2.46. The highest BCUT2D eigenvalue weighted by Gasteiger charge is 2.23. The monoisotopic (exact) mass is 158 g/mol. The van der Waals surface area contributed by atoms with Gasteiger partial charge in [0.1, 0.15) is 0 Å². The normalized spacial score (nSPS) is 35.2. The van der Waals surface area contributed by atoms with E-state index in [4.69, 9.17) is 4.74 Å². The van der Waals surface area contributed by atoms with Gasteiger partial charge in [-0.25, -0.2) is 0 Å². The highest BCUT2D eigenvalue weighted by molar-refractivity contribution is 4.75. The lowest BCUT2D eigenvalue weighted by atomic mass is 9.84. The molecule has 0 saturated heterocycles. The minimum atomic E-state index is -0.132. The first kappa shape index (κ1) is 9.01. The summed E-state index contributed by atoms with van der Waals surface area (Å²) in [5.41, 5.74) is 0. The van der Waals surface area contributed by atoms with Crippen molar-refractivity contribution in [3.63, 3.8) is 0 Å². The zero-order valence-corrected chi connectivity index (χ0v) is 7.42. The molecule has 0 radical (unpaired) electrons. The molecule has 1 fully saturated rings. The molecule has 0 amide bonds. The topological polar surface area (TPSA) is 29.5 Å². The van der Waals surface area contributed by atoms with Crippen LogP contribution in [0.25, 0.3) is 0 Å². The zero-order chi connectivity index (χ0) is 8.27. The molecular weight excluding hydrogens is 140 g/mol. The highest BCUT2D eigenvalue weighted by atomic mass is 16.5. The van der Waals surface area contributed by atoms with Crippen LogP contribution >= 0.6 is 0 Å². The standard InChI is InChI=1S/C9H18O2/c1-7(10)8-3-5-9(11-2)6-4-8/h7-10H,3-6H2,1-2H3/t7-,8?,9?/m0/s1. The van der Waals surface area contributed by atoms with Crippen LogP contribution in [0.2, 0.25) is 0 Å². The second kappa shape index (κ2) is 4.07. The number of hydrogen-bond donors (Lipinski definition) is 1. The first-order valence-electron chi connectivity index (χ1n) is 4.45. The predicted octanol–water partition coefficient (Wildman–Crippen LogP) is 1.57. The number of aliphatic hydroxyl groups is 1. The minimum Gasteiger partial charge on any atom is -0.393 e. The third-order valence-corrected chi connectivity index (χ3v) is 2.73. The fourth-order valence-corrected chi connectivity index (χ4v) is 1.81. The van der Waals surface area contributed by atoms with Crippen molar-refractivity contribution in [3.05, 3.63) is 0 Å². The molecule has 0 aromatic heterocycles. The maximum Gasteiger partial charge on any atom is 0.0571 e. The first-order chi connectivity index (χ1) is 5.24. The summed E-state index contributed by atoms with van der Waals surface area (Å²) in [7, 11) is 1.77. The number of rotatable bonds is 2. The van der Waals surface area contributed by atoms with Gasteiger partial charge in [0, 0.05) is 7.11 Å². The Balaban J connectivity index is 2.24. The van der Waals surface area contributed by atoms with Crippen molar-refractivity contribution in [1.29, 1.82) is 0 Å². The Morgan fingerprint density at radius 3 is 2.18 bits per heavy atom. The molecule has 0 aliphatic heterocycles. The van der Waals surface area contributed by atoms with Crippen LogP contribution in [0, 0.1) is 5.92 Å². The average Bonchev–Trinajstić information content (AvgIpc) is 2.05. The Kier molecular flexibility index (Phi) is 3.34. The van der Waals surface area contributed by atoms with Crippen LogP contribution in [-0.4, -0.2) is 24.4 Å². The van der Waals surface area contributed by atoms with Crippen LogP contribution in [-0.2, 0) is 4.74 Å². The van der Waals surface area contributed by atoms with Crippen molar-refractivity contribution in [3.8, 4) is 0 Å². The average molecular weight is 158 g/mol. The van der Waals surface area contributed by atoms with Gasteiger partial charge in [0.25, 0.3) is 0 Å². The molecule has 66 valence electrons. The van der Waals surface area contributed by atoms with E-state index in [-0.39, 0.29) is 6.10 Å². The number of aliphatic hydroxyl groups excluding tert-OH is 1. The Morgan fingerprint density at radius 2 is 1.82 bits per heavy atom. The lowest BCUT2D eigenvalue weighted by molar-refractivity contribution is 0.0250. The number of methoxy groups -OCH3 is 1. The largest absolute Gasteiger partial charge is 0.393 e. The molecule has 1 N–H and O–H groups in total. The van der Waals surface area contributed by atoms with Gasteiger partial charge >= 0.3 is 0 Å². The van der Waals surface area contributed by atoms with Crippen LogP contribution in [0.1, 0.15) is 32.6 Å². The van der Waals surface area contributed by atoms with Gasteiger partial charge in [-0.15, -0.1) is 0 Å². The van der Waals surface area contributed by atoms with Crippen LogP contribution in [0.15, 0.2) is 0 Å². The lowest BCUT2D eigenvalue weighted by Crippen LogP contribution is -2.26. The molecule has 0 aromatic carbocycles. The van der Waals surface area contributed by atoms with E-state index in [2.05, 4.69) is 0 Å². The predicted molar refractivity (Wildman–Crippen MR) is 44.4 cm³/mol. The quantitative estimate of drug-likeness (QED) is 0.661. The van der Waals surface area contributed by atoms with Crippen molar-refractivity contribution in [2.45, 2.75) is 44.8 Å². The van der Waals surface area contributed by atoms with Gasteiger partial charge in [0.2, 0.25) is 0 Å². The van der Waals surface area contributed by atoms with Crippen LogP contribution in [0.5, 0.6) is 0 Å². The Bertz CT molecular complexity index is 104. The summed E-state index contributed by atoms with van der Waals surface area (Å²) in [6.45, 7) is 1.89. The van der Waals surface area contributed by atoms with E-state index in [0.717, 1.165) is 25.7 Å². The van der Waals surface area contributed by atoms with Crippen molar-refractivity contribution in [2.24, 2.45) is 5.92 Å². The van der Waals surface area contributed by atoms with E-state index < -0.39 is 0 Å². The maximum atomic E-state index is 9.30. The van der Waals surface area contributed by atoms with Crippen LogP contribution in [0.3, 0.4) is 0 Å². The minimum absolute atomic E-state index is 0.132. The maximum absolute atomic E-state index is 9.30. The molecule has 0 aromatic rings. The number of ether oxygens (including phenoxy) is 1. The molecule has 1 atom stereocenters. The fraction of sp³-hybridized carbons (Fsp3) is 1.00. The van der Waals surface area contributed by atoms with E-state index in [1.807, 2.05) is 6.92 Å². The molecule has 1 saturated carbocycles. The van der Waals surface area contributed by atoms with Gasteiger partial charge in [0.05, 0.1) is 12.2 Å². The fourth-order valence-electron chi connectivity index (χ4n) is 1.81. The van der Waals surface area contributed by atoms with Crippen molar-refractivity contribution >= 4 is 0 Å². The molecule has 2 heteroatoms. The van der Waals surface area contributed by atoms with Crippen molar-refractivity contribution in [2.75, 3.05) is 7.11 Å². The second-order valence-electron chi connectivity index (χ2n) is 3.51. The SMILES string of the molecule is COC1CCC([C@H](C)O)CC1. The molecule has 0 heterocycles. The van der Waals surface area contributed by atoms with E-state index in [1.54, 1.807) is 7.11 Å². The van der Waals surface area contributed by atoms with E-state index in [1.165, 1.54) is 0 Å². The molecule has 0 spiro atoms. The summed E-state index contributed by atoms with van der Waals surface area (Å²) < 4.78 is 5.24. The summed E-state index contributed by atoms with van der Waals surface area (Å²) in [5, 5.41) is 9.30. The van der Waals surface area contributed by atoms with Crippen molar-refractivity contribution in [1.82, 2.24) is 0 Å². The zero-order valence-electron chi connectivity index (χ0n) is 7.42. The summed E-state index contributed by atoms with van der Waals surface area (Å²) >= 11 is 0. The van der Waals surface area contributed by atoms with Crippen molar-refractivity contribution < 1.29 is 9.84 Å². The molecule has 1 aliphatic rings. The summed E-state index contributed by atoms with van der Waals surface area (Å²) in [5.74, 6) is 0.515. The smallest absolute Gasteiger partial charge is 0.0571 e. The van der Waals surface area contributed by atoms with Gasteiger partial charge in [-0.05, 0) is 38.5 Å². The molecule has 1 rings (SSSR count). The van der Waals surface area contributed by atoms with Crippen LogP contribution < -0.4 is 0 Å². The molecule has 2 nitrogen and oxygen atoms in total. The Hall–Kier alpha value is -0.0800. The number of hydrogen-bond acceptors (Lipinski definition) is 2. The molecule has 0 bridgehead atoms. The Labute approximate surface area is 68.6 Å². The van der Waals surface area contributed by atoms with Crippen LogP contribution in [0.4, 0.5) is 0 Å². The van der Waals surface area contributed by atoms with E-state index in [0.29, 0.717) is 12.0 Å². The van der Waals surface area contributed by atoms with E-state index in [9.17, 15) is 5.11 Å². The molecule has 0 unspecified atom stereocenters. The van der Waals surface area contributed by atoms with Gasteiger partial charge in [-0.2, -0.15) is 0 Å². The summed E-state index contributed by atoms with van der Waals surface area (Å²) in [6.07, 6.45) is 4.79. The van der Waals surface area contributed by atoms with Gasteiger partial charge in [-0.1, -0.05) is 0 Å². The van der Waals surface area contributed by atoms with E-state index >= 15 is 0 Å². The van der Waals surface area contributed by atoms with Gasteiger partial charge in [0.15, 0.2) is 0 Å². The lowest BCUT2D eigenvalue weighted by Gasteiger charge is -2.29. The highest BCUT2D eigenvalue weighted by Crippen LogP contribution is 2.27. The van der Waals surface area contributed by atoms with Gasteiger partial charge < -0.3 is 9.84 Å². The Morgan fingerprint density at radius 1 is 1.27 bits per heavy atom. The summed E-state index contributed by atoms with van der Waals surface area (Å²) in [6, 6.07) is 0. The van der Waals surface area contributed by atoms with Gasteiger partial charge in [-0.3, -0.25) is 0 Å². The first-order valence-corrected chi connectivity index (χ1v) is 4.45. The summed E-state index contributed by atoms with van der Waals surface area (Å²) in [4.78, 5) is 0. The molecule has 11 heavy (non-hydrogen) atoms. The third-order valence-electron chi connectivity index (χ3n) is 2.73. The molecular formula is C9H18O2. The second-order valence-corrected chi connectivity index (χ2v) is 3.51. The molecule has 1 aliphatic carbocycles.